The molecule has 0 atom stereocenters. The third-order valence-electron chi connectivity index (χ3n) is 2.38. The summed E-state index contributed by atoms with van der Waals surface area (Å²) < 4.78 is 1.83. The highest BCUT2D eigenvalue weighted by Gasteiger charge is 2.08. The minimum absolute atomic E-state index is 0.684. The monoisotopic (exact) mass is 188 g/mol. The predicted octanol–water partition coefficient (Wildman–Crippen LogP) is 1.37. The number of pyridine rings is 1. The lowest BCUT2D eigenvalue weighted by molar-refractivity contribution is 0.740. The maximum absolute atomic E-state index is 5.83. The summed E-state index contributed by atoms with van der Waals surface area (Å²) in [6.45, 7) is 2.02. The van der Waals surface area contributed by atoms with E-state index >= 15 is 0 Å². The van der Waals surface area contributed by atoms with Crippen molar-refractivity contribution < 1.29 is 0 Å². The van der Waals surface area contributed by atoms with Gasteiger partial charge in [0.15, 0.2) is 0 Å². The molecule has 2 aromatic rings. The Labute approximate surface area is 82.4 Å². The number of aromatic nitrogens is 3. The minimum atomic E-state index is 0.684. The van der Waals surface area contributed by atoms with Gasteiger partial charge in [0.25, 0.3) is 0 Å². The fourth-order valence-electron chi connectivity index (χ4n) is 1.42. The highest BCUT2D eigenvalue weighted by molar-refractivity contribution is 5.76. The summed E-state index contributed by atoms with van der Waals surface area (Å²) in [7, 11) is 1.91. The van der Waals surface area contributed by atoms with Crippen LogP contribution in [0.4, 0.5) is 5.69 Å². The molecule has 0 saturated carbocycles. The number of anilines is 1. The predicted molar refractivity (Wildman–Crippen MR) is 55.6 cm³/mol. The molecule has 4 heteroatoms. The Kier molecular flexibility index (Phi) is 1.96. The Hall–Kier alpha value is -1.84. The molecule has 0 aliphatic carbocycles. The third-order valence-corrected chi connectivity index (χ3v) is 2.38. The smallest absolute Gasteiger partial charge is 0.0581 e. The zero-order valence-corrected chi connectivity index (χ0v) is 8.23. The van der Waals surface area contributed by atoms with E-state index < -0.39 is 0 Å². The Morgan fingerprint density at radius 3 is 2.64 bits per heavy atom. The van der Waals surface area contributed by atoms with Gasteiger partial charge in [0, 0.05) is 30.1 Å². The van der Waals surface area contributed by atoms with Crippen LogP contribution in [0.25, 0.3) is 11.1 Å². The molecule has 2 rings (SSSR count). The Morgan fingerprint density at radius 2 is 2.07 bits per heavy atom. The van der Waals surface area contributed by atoms with Crippen molar-refractivity contribution in [2.24, 2.45) is 7.05 Å². The largest absolute Gasteiger partial charge is 0.397 e. The second kappa shape index (κ2) is 3.14. The van der Waals surface area contributed by atoms with Crippen molar-refractivity contribution in [2.75, 3.05) is 5.73 Å². The molecule has 0 spiro atoms. The summed E-state index contributed by atoms with van der Waals surface area (Å²) in [5.41, 5.74) is 9.67. The van der Waals surface area contributed by atoms with E-state index in [0.29, 0.717) is 5.69 Å². The third kappa shape index (κ3) is 1.25. The number of aryl methyl sites for hydroxylation is 1. The van der Waals surface area contributed by atoms with Gasteiger partial charge in [-0.3, -0.25) is 9.67 Å². The molecule has 2 heterocycles. The number of nitrogen functional groups attached to an aromatic ring is 1. The van der Waals surface area contributed by atoms with Crippen LogP contribution in [0, 0.1) is 6.92 Å². The van der Waals surface area contributed by atoms with Gasteiger partial charge in [0.2, 0.25) is 0 Å². The zero-order valence-electron chi connectivity index (χ0n) is 8.23. The van der Waals surface area contributed by atoms with Gasteiger partial charge in [-0.1, -0.05) is 0 Å². The van der Waals surface area contributed by atoms with Gasteiger partial charge in [-0.2, -0.15) is 5.10 Å². The summed E-state index contributed by atoms with van der Waals surface area (Å²) >= 11 is 0. The van der Waals surface area contributed by atoms with E-state index in [2.05, 4.69) is 10.1 Å². The molecule has 0 aliphatic rings. The highest BCUT2D eigenvalue weighted by atomic mass is 15.3. The van der Waals surface area contributed by atoms with Crippen LogP contribution in [-0.4, -0.2) is 14.8 Å². The number of hydrogen-bond acceptors (Lipinski definition) is 3. The molecule has 0 fully saturated rings. The average Bonchev–Trinajstić information content (AvgIpc) is 2.49. The molecular formula is C10H12N4. The van der Waals surface area contributed by atoms with Gasteiger partial charge in [0.05, 0.1) is 18.1 Å². The summed E-state index contributed by atoms with van der Waals surface area (Å²) in [6.07, 6.45) is 5.21. The van der Waals surface area contributed by atoms with Gasteiger partial charge in [-0.15, -0.1) is 0 Å². The van der Waals surface area contributed by atoms with E-state index in [-0.39, 0.29) is 0 Å². The molecule has 0 saturated heterocycles. The van der Waals surface area contributed by atoms with E-state index in [1.807, 2.05) is 30.9 Å². The minimum Gasteiger partial charge on any atom is -0.397 e. The van der Waals surface area contributed by atoms with Crippen molar-refractivity contribution >= 4 is 5.69 Å². The molecule has 0 radical (unpaired) electrons. The normalized spacial score (nSPS) is 10.4. The van der Waals surface area contributed by atoms with E-state index in [9.17, 15) is 0 Å². The fourth-order valence-corrected chi connectivity index (χ4v) is 1.42. The van der Waals surface area contributed by atoms with Crippen LogP contribution < -0.4 is 5.73 Å². The Balaban J connectivity index is 2.60. The van der Waals surface area contributed by atoms with E-state index in [0.717, 1.165) is 16.8 Å². The quantitative estimate of drug-likeness (QED) is 0.735. The first-order valence-electron chi connectivity index (χ1n) is 4.38. The summed E-state index contributed by atoms with van der Waals surface area (Å²) in [5.74, 6) is 0. The van der Waals surface area contributed by atoms with Crippen LogP contribution in [0.1, 0.15) is 5.69 Å². The van der Waals surface area contributed by atoms with E-state index in [1.54, 1.807) is 12.4 Å². The van der Waals surface area contributed by atoms with Gasteiger partial charge >= 0.3 is 0 Å². The molecule has 0 aromatic carbocycles. The average molecular weight is 188 g/mol. The number of nitrogens with zero attached hydrogens (tertiary/aromatic N) is 3. The van der Waals surface area contributed by atoms with Gasteiger partial charge in [-0.25, -0.2) is 0 Å². The van der Waals surface area contributed by atoms with Gasteiger partial charge in [-0.05, 0) is 13.0 Å². The second-order valence-corrected chi connectivity index (χ2v) is 3.23. The van der Waals surface area contributed by atoms with Crippen molar-refractivity contribution in [1.82, 2.24) is 14.8 Å². The van der Waals surface area contributed by atoms with Crippen molar-refractivity contribution in [2.45, 2.75) is 6.92 Å². The van der Waals surface area contributed by atoms with Crippen molar-refractivity contribution in [3.05, 3.63) is 30.4 Å². The Bertz CT molecular complexity index is 459. The number of rotatable bonds is 1. The molecule has 14 heavy (non-hydrogen) atoms. The SMILES string of the molecule is Cc1c(-c2ccncc2N)cnn1C. The fraction of sp³-hybridized carbons (Fsp3) is 0.200. The van der Waals surface area contributed by atoms with Crippen LogP contribution in [-0.2, 0) is 7.05 Å². The molecule has 0 bridgehead atoms. The molecule has 72 valence electrons. The van der Waals surface area contributed by atoms with Crippen molar-refractivity contribution in [1.29, 1.82) is 0 Å². The maximum atomic E-state index is 5.83. The number of hydrogen-bond donors (Lipinski definition) is 1. The first-order chi connectivity index (χ1) is 6.70. The maximum Gasteiger partial charge on any atom is 0.0581 e. The van der Waals surface area contributed by atoms with Crippen molar-refractivity contribution in [3.8, 4) is 11.1 Å². The lowest BCUT2D eigenvalue weighted by Gasteiger charge is -2.03. The summed E-state index contributed by atoms with van der Waals surface area (Å²) in [5, 5.41) is 4.17. The molecule has 0 amide bonds. The molecule has 0 aliphatic heterocycles. The lowest BCUT2D eigenvalue weighted by atomic mass is 10.1. The molecule has 2 aromatic heterocycles. The second-order valence-electron chi connectivity index (χ2n) is 3.23. The molecule has 0 unspecified atom stereocenters. The van der Waals surface area contributed by atoms with Crippen LogP contribution in [0.5, 0.6) is 0 Å². The van der Waals surface area contributed by atoms with Crippen LogP contribution in [0.15, 0.2) is 24.7 Å². The first-order valence-corrected chi connectivity index (χ1v) is 4.38. The number of nitrogens with two attached hydrogens (primary N) is 1. The zero-order chi connectivity index (χ0) is 10.1. The standard InChI is InChI=1S/C10H12N4/c1-7-9(5-13-14(7)2)8-3-4-12-6-10(8)11/h3-6H,11H2,1-2H3. The van der Waals surface area contributed by atoms with Crippen LogP contribution in [0.2, 0.25) is 0 Å². The highest BCUT2D eigenvalue weighted by Crippen LogP contribution is 2.26. The topological polar surface area (TPSA) is 56.7 Å². The van der Waals surface area contributed by atoms with Crippen molar-refractivity contribution in [3.63, 3.8) is 0 Å². The van der Waals surface area contributed by atoms with Gasteiger partial charge in [0.1, 0.15) is 0 Å². The summed E-state index contributed by atoms with van der Waals surface area (Å²) in [4.78, 5) is 3.95. The molecular weight excluding hydrogens is 176 g/mol. The first kappa shape index (κ1) is 8.74. The van der Waals surface area contributed by atoms with Crippen LogP contribution >= 0.6 is 0 Å². The van der Waals surface area contributed by atoms with Crippen LogP contribution in [0.3, 0.4) is 0 Å². The van der Waals surface area contributed by atoms with Gasteiger partial charge < -0.3 is 5.73 Å². The molecule has 2 N–H and O–H groups in total. The van der Waals surface area contributed by atoms with E-state index in [1.165, 1.54) is 0 Å². The van der Waals surface area contributed by atoms with E-state index in [4.69, 9.17) is 5.73 Å². The summed E-state index contributed by atoms with van der Waals surface area (Å²) in [6, 6.07) is 1.90. The molecule has 4 nitrogen and oxygen atoms in total. The lowest BCUT2D eigenvalue weighted by Crippen LogP contribution is -1.94. The Morgan fingerprint density at radius 1 is 1.29 bits per heavy atom.